The van der Waals surface area contributed by atoms with Gasteiger partial charge in [-0.25, -0.2) is 4.98 Å². The van der Waals surface area contributed by atoms with Gasteiger partial charge >= 0.3 is 0 Å². The molecule has 0 amide bonds. The van der Waals surface area contributed by atoms with E-state index in [2.05, 4.69) is 43.3 Å². The normalized spacial score (nSPS) is 12.0. The molecule has 0 saturated carbocycles. The van der Waals surface area contributed by atoms with Crippen LogP contribution in [-0.4, -0.2) is 42.3 Å². The largest absolute Gasteiger partial charge is 0.396 e. The van der Waals surface area contributed by atoms with Crippen molar-refractivity contribution < 1.29 is 5.11 Å². The minimum Gasteiger partial charge on any atom is -0.396 e. The molecule has 1 aromatic rings. The molecule has 1 heterocycles. The third-order valence-electron chi connectivity index (χ3n) is 4.64. The number of halogens is 1. The predicted octanol–water partition coefficient (Wildman–Crippen LogP) is 3.61. The van der Waals surface area contributed by atoms with E-state index in [9.17, 15) is 5.11 Å². The summed E-state index contributed by atoms with van der Waals surface area (Å²) >= 11 is 1.79. The number of aliphatic hydroxyl groups excluding tert-OH is 1. The van der Waals surface area contributed by atoms with E-state index in [0.717, 1.165) is 57.7 Å². The fraction of sp³-hybridized carbons (Fsp3) is 0.778. The van der Waals surface area contributed by atoms with Crippen molar-refractivity contribution >= 4 is 41.3 Å². The molecule has 0 bridgehead atoms. The molecule has 0 aliphatic rings. The molecule has 0 radical (unpaired) electrons. The average Bonchev–Trinajstić information content (AvgIpc) is 3.06. The summed E-state index contributed by atoms with van der Waals surface area (Å²) in [6, 6.07) is 0. The summed E-state index contributed by atoms with van der Waals surface area (Å²) in [4.78, 5) is 10.6. The van der Waals surface area contributed by atoms with E-state index in [-0.39, 0.29) is 36.0 Å². The van der Waals surface area contributed by atoms with Crippen molar-refractivity contribution in [2.24, 2.45) is 10.4 Å². The van der Waals surface area contributed by atoms with E-state index in [1.165, 1.54) is 9.88 Å². The molecule has 0 saturated heterocycles. The highest BCUT2D eigenvalue weighted by atomic mass is 127. The molecular formula is C18H35IN4OS. The van der Waals surface area contributed by atoms with Gasteiger partial charge < -0.3 is 15.7 Å². The summed E-state index contributed by atoms with van der Waals surface area (Å²) in [7, 11) is 0. The van der Waals surface area contributed by atoms with Crippen LogP contribution in [0, 0.1) is 5.41 Å². The molecule has 0 spiro atoms. The molecule has 0 unspecified atom stereocenters. The molecule has 1 aromatic heterocycles. The topological polar surface area (TPSA) is 69.5 Å². The molecule has 0 fully saturated rings. The second kappa shape index (κ2) is 13.7. The molecular weight excluding hydrogens is 447 g/mol. The highest BCUT2D eigenvalue weighted by molar-refractivity contribution is 14.0. The monoisotopic (exact) mass is 482 g/mol. The molecule has 25 heavy (non-hydrogen) atoms. The van der Waals surface area contributed by atoms with Gasteiger partial charge in [0.25, 0.3) is 0 Å². The summed E-state index contributed by atoms with van der Waals surface area (Å²) in [6.07, 6.45) is 6.82. The Morgan fingerprint density at radius 3 is 2.48 bits per heavy atom. The summed E-state index contributed by atoms with van der Waals surface area (Å²) < 4.78 is 0. The molecule has 146 valence electrons. The number of aliphatic imine (C=N–C) groups is 1. The Hall–Kier alpha value is -0.410. The number of aliphatic hydroxyl groups is 1. The zero-order chi connectivity index (χ0) is 17.8. The smallest absolute Gasteiger partial charge is 0.191 e. The van der Waals surface area contributed by atoms with E-state index >= 15 is 0 Å². The molecule has 0 aromatic carbocycles. The third kappa shape index (κ3) is 8.68. The van der Waals surface area contributed by atoms with Gasteiger partial charge in [0, 0.05) is 43.7 Å². The van der Waals surface area contributed by atoms with Crippen molar-refractivity contribution in [1.82, 2.24) is 15.6 Å². The van der Waals surface area contributed by atoms with Gasteiger partial charge in [-0.15, -0.1) is 35.3 Å². The number of rotatable bonds is 11. The Morgan fingerprint density at radius 1 is 1.24 bits per heavy atom. The Kier molecular flexibility index (Phi) is 13.5. The first-order valence-electron chi connectivity index (χ1n) is 9.19. The highest BCUT2D eigenvalue weighted by Gasteiger charge is 2.25. The van der Waals surface area contributed by atoms with Gasteiger partial charge in [-0.2, -0.15) is 0 Å². The van der Waals surface area contributed by atoms with Gasteiger partial charge in [0.15, 0.2) is 5.96 Å². The summed E-state index contributed by atoms with van der Waals surface area (Å²) in [5.41, 5.74) is 0.0996. The van der Waals surface area contributed by atoms with Crippen LogP contribution < -0.4 is 10.6 Å². The average molecular weight is 482 g/mol. The molecule has 0 aliphatic carbocycles. The molecule has 3 N–H and O–H groups in total. The zero-order valence-corrected chi connectivity index (χ0v) is 19.2. The van der Waals surface area contributed by atoms with Crippen LogP contribution in [0.4, 0.5) is 0 Å². The zero-order valence-electron chi connectivity index (χ0n) is 16.1. The number of nitrogens with zero attached hydrogens (tertiary/aromatic N) is 2. The fourth-order valence-corrected chi connectivity index (χ4v) is 3.51. The number of nitrogens with one attached hydrogen (secondary N) is 2. The Bertz CT molecular complexity index is 489. The number of hydrogen-bond acceptors (Lipinski definition) is 4. The van der Waals surface area contributed by atoms with Crippen LogP contribution in [0.1, 0.15) is 56.8 Å². The maximum absolute atomic E-state index is 9.34. The summed E-state index contributed by atoms with van der Waals surface area (Å²) in [6.45, 7) is 11.2. The van der Waals surface area contributed by atoms with Crippen molar-refractivity contribution in [3.05, 3.63) is 16.1 Å². The standard InChI is InChI=1S/C18H34N4OS.HI/c1-5-15-13-21-16(24-15)9-11-20-17(19-8-4)22-14-18(6-2,7-3)10-12-23;/h13,23H,5-12,14H2,1-4H3,(H2,19,20,22);1H. The molecule has 0 atom stereocenters. The first kappa shape index (κ1) is 24.6. The van der Waals surface area contributed by atoms with E-state index in [0.29, 0.717) is 0 Å². The van der Waals surface area contributed by atoms with Crippen LogP contribution in [0.15, 0.2) is 11.2 Å². The van der Waals surface area contributed by atoms with Gasteiger partial charge in [0.1, 0.15) is 0 Å². The number of hydrogen-bond donors (Lipinski definition) is 3. The fourth-order valence-electron chi connectivity index (χ4n) is 2.65. The van der Waals surface area contributed by atoms with E-state index < -0.39 is 0 Å². The van der Waals surface area contributed by atoms with Crippen LogP contribution >= 0.6 is 35.3 Å². The lowest BCUT2D eigenvalue weighted by atomic mass is 9.79. The van der Waals surface area contributed by atoms with Crippen molar-refractivity contribution in [2.45, 2.75) is 59.8 Å². The quantitative estimate of drug-likeness (QED) is 0.256. The maximum Gasteiger partial charge on any atom is 0.191 e. The van der Waals surface area contributed by atoms with Gasteiger partial charge in [0.2, 0.25) is 0 Å². The number of aromatic nitrogens is 1. The summed E-state index contributed by atoms with van der Waals surface area (Å²) in [5.74, 6) is 0.856. The highest BCUT2D eigenvalue weighted by Crippen LogP contribution is 2.30. The first-order valence-corrected chi connectivity index (χ1v) is 10.0. The van der Waals surface area contributed by atoms with Crippen molar-refractivity contribution in [2.75, 3.05) is 26.2 Å². The van der Waals surface area contributed by atoms with Gasteiger partial charge in [-0.1, -0.05) is 20.8 Å². The first-order chi connectivity index (χ1) is 11.6. The Balaban J connectivity index is 0.00000576. The van der Waals surface area contributed by atoms with Gasteiger partial charge in [0.05, 0.1) is 5.01 Å². The minimum absolute atomic E-state index is 0. The number of guanidine groups is 1. The van der Waals surface area contributed by atoms with Crippen LogP contribution in [0.3, 0.4) is 0 Å². The molecule has 1 rings (SSSR count). The third-order valence-corrected chi connectivity index (χ3v) is 5.84. The molecule has 0 aliphatic heterocycles. The minimum atomic E-state index is 0. The van der Waals surface area contributed by atoms with Crippen LogP contribution in [0.2, 0.25) is 0 Å². The SMILES string of the molecule is CCNC(=NCC(CC)(CC)CCO)NCCc1ncc(CC)s1.I. The van der Waals surface area contributed by atoms with Gasteiger partial charge in [-0.3, -0.25) is 4.99 Å². The van der Waals surface area contributed by atoms with Crippen LogP contribution in [0.25, 0.3) is 0 Å². The second-order valence-corrected chi connectivity index (χ2v) is 7.33. The van der Waals surface area contributed by atoms with Crippen molar-refractivity contribution in [3.8, 4) is 0 Å². The van der Waals surface area contributed by atoms with Crippen molar-refractivity contribution in [1.29, 1.82) is 0 Å². The predicted molar refractivity (Wildman–Crippen MR) is 119 cm³/mol. The van der Waals surface area contributed by atoms with E-state index in [1.807, 2.05) is 6.20 Å². The van der Waals surface area contributed by atoms with Crippen molar-refractivity contribution in [3.63, 3.8) is 0 Å². The lowest BCUT2D eigenvalue weighted by molar-refractivity contribution is 0.175. The Labute approximate surface area is 174 Å². The lowest BCUT2D eigenvalue weighted by Crippen LogP contribution is -2.39. The second-order valence-electron chi connectivity index (χ2n) is 6.13. The van der Waals surface area contributed by atoms with E-state index in [4.69, 9.17) is 4.99 Å². The molecule has 7 heteroatoms. The maximum atomic E-state index is 9.34. The van der Waals surface area contributed by atoms with Gasteiger partial charge in [-0.05, 0) is 38.0 Å². The number of aryl methyl sites for hydroxylation is 1. The lowest BCUT2D eigenvalue weighted by Gasteiger charge is -2.29. The Morgan fingerprint density at radius 2 is 1.96 bits per heavy atom. The van der Waals surface area contributed by atoms with Crippen LogP contribution in [-0.2, 0) is 12.8 Å². The molecule has 5 nitrogen and oxygen atoms in total. The van der Waals surface area contributed by atoms with E-state index in [1.54, 1.807) is 11.3 Å². The van der Waals surface area contributed by atoms with Crippen LogP contribution in [0.5, 0.6) is 0 Å². The summed E-state index contributed by atoms with van der Waals surface area (Å²) in [5, 5.41) is 17.2. The number of thiazole rings is 1.